The molecule has 0 aromatic carbocycles. The normalized spacial score (nSPS) is 11.9. The summed E-state index contributed by atoms with van der Waals surface area (Å²) >= 11 is 1.40. The van der Waals surface area contributed by atoms with Gasteiger partial charge in [0, 0.05) is 23.7 Å². The number of rotatable bonds is 4. The maximum atomic E-state index is 12.2. The van der Waals surface area contributed by atoms with E-state index in [9.17, 15) is 4.79 Å². The molecule has 1 aromatic heterocycles. The smallest absolute Gasteiger partial charge is 0.264 e. The number of hydrogen-bond donors (Lipinski definition) is 1. The van der Waals surface area contributed by atoms with Crippen LogP contribution in [0, 0.1) is 24.2 Å². The number of nitrogens with zero attached hydrogens (tertiary/aromatic N) is 2. The molecule has 1 heterocycles. The van der Waals surface area contributed by atoms with E-state index in [-0.39, 0.29) is 11.8 Å². The molecule has 0 aliphatic heterocycles. The molecular weight excluding hydrogens is 234 g/mol. The molecule has 17 heavy (non-hydrogen) atoms. The van der Waals surface area contributed by atoms with Crippen LogP contribution in [0.25, 0.3) is 0 Å². The highest BCUT2D eigenvalue weighted by atomic mass is 32.1. The Morgan fingerprint density at radius 1 is 1.71 bits per heavy atom. The van der Waals surface area contributed by atoms with Crippen molar-refractivity contribution in [2.75, 3.05) is 18.8 Å². The van der Waals surface area contributed by atoms with Gasteiger partial charge in [0.15, 0.2) is 0 Å². The molecule has 1 amide bonds. The second-order valence-corrected chi connectivity index (χ2v) is 5.25. The van der Waals surface area contributed by atoms with Crippen LogP contribution < -0.4 is 5.73 Å². The van der Waals surface area contributed by atoms with Crippen LogP contribution in [0.3, 0.4) is 0 Å². The molecule has 0 fully saturated rings. The zero-order valence-corrected chi connectivity index (χ0v) is 11.2. The number of anilines is 1. The van der Waals surface area contributed by atoms with Gasteiger partial charge in [-0.3, -0.25) is 4.79 Å². The Hall–Kier alpha value is -1.54. The topological polar surface area (TPSA) is 70.1 Å². The van der Waals surface area contributed by atoms with E-state index in [1.807, 2.05) is 20.8 Å². The van der Waals surface area contributed by atoms with Crippen LogP contribution in [-0.2, 0) is 0 Å². The van der Waals surface area contributed by atoms with E-state index in [0.29, 0.717) is 23.7 Å². The molecule has 0 aliphatic rings. The first-order valence-electron chi connectivity index (χ1n) is 5.54. The lowest BCUT2D eigenvalue weighted by atomic mass is 10.2. The van der Waals surface area contributed by atoms with Crippen LogP contribution in [0.2, 0.25) is 0 Å². The van der Waals surface area contributed by atoms with E-state index in [4.69, 9.17) is 11.0 Å². The van der Waals surface area contributed by atoms with Gasteiger partial charge in [-0.1, -0.05) is 0 Å². The van der Waals surface area contributed by atoms with Crippen LogP contribution >= 0.6 is 11.3 Å². The second-order valence-electron chi connectivity index (χ2n) is 4.00. The number of hydrogen-bond acceptors (Lipinski definition) is 4. The van der Waals surface area contributed by atoms with E-state index in [2.05, 4.69) is 6.07 Å². The van der Waals surface area contributed by atoms with Crippen molar-refractivity contribution < 1.29 is 4.79 Å². The lowest BCUT2D eigenvalue weighted by Crippen LogP contribution is -2.33. The molecule has 1 rings (SSSR count). The summed E-state index contributed by atoms with van der Waals surface area (Å²) in [6.07, 6.45) is 0. The summed E-state index contributed by atoms with van der Waals surface area (Å²) in [7, 11) is 0. The van der Waals surface area contributed by atoms with Crippen LogP contribution in [-0.4, -0.2) is 23.9 Å². The number of thiophene rings is 1. The number of nitrogens with two attached hydrogens (primary N) is 1. The average molecular weight is 251 g/mol. The van der Waals surface area contributed by atoms with Crippen molar-refractivity contribution in [3.05, 3.63) is 15.8 Å². The van der Waals surface area contributed by atoms with E-state index < -0.39 is 0 Å². The van der Waals surface area contributed by atoms with Crippen molar-refractivity contribution in [2.24, 2.45) is 5.92 Å². The van der Waals surface area contributed by atoms with Crippen LogP contribution in [0.4, 0.5) is 5.69 Å². The molecule has 5 heteroatoms. The first-order valence-corrected chi connectivity index (χ1v) is 6.36. The Balaban J connectivity index is 2.83. The third-order valence-electron chi connectivity index (χ3n) is 2.55. The highest BCUT2D eigenvalue weighted by Gasteiger charge is 2.19. The first-order chi connectivity index (χ1) is 7.99. The number of aryl methyl sites for hydroxylation is 1. The molecule has 0 saturated heterocycles. The molecule has 0 radical (unpaired) electrons. The third-order valence-corrected chi connectivity index (χ3v) is 3.60. The molecule has 2 N–H and O–H groups in total. The molecule has 0 aliphatic carbocycles. The highest BCUT2D eigenvalue weighted by Crippen LogP contribution is 2.24. The SMILES string of the molecule is CCN(CC(C)C#N)C(=O)c1cc(N)c(C)s1. The predicted octanol–water partition coefficient (Wildman–Crippen LogP) is 2.26. The Morgan fingerprint density at radius 3 is 2.76 bits per heavy atom. The van der Waals surface area contributed by atoms with Crippen molar-refractivity contribution in [3.8, 4) is 6.07 Å². The van der Waals surface area contributed by atoms with Gasteiger partial charge in [0.25, 0.3) is 5.91 Å². The zero-order chi connectivity index (χ0) is 13.0. The summed E-state index contributed by atoms with van der Waals surface area (Å²) in [6, 6.07) is 3.85. The van der Waals surface area contributed by atoms with Gasteiger partial charge in [0.2, 0.25) is 0 Å². The fourth-order valence-corrected chi connectivity index (χ4v) is 2.39. The van der Waals surface area contributed by atoms with Crippen LogP contribution in [0.15, 0.2) is 6.07 Å². The minimum atomic E-state index is -0.155. The molecule has 0 bridgehead atoms. The van der Waals surface area contributed by atoms with Gasteiger partial charge in [-0.15, -0.1) is 11.3 Å². The minimum Gasteiger partial charge on any atom is -0.398 e. The van der Waals surface area contributed by atoms with E-state index >= 15 is 0 Å². The number of nitriles is 1. The molecule has 1 aromatic rings. The molecule has 1 unspecified atom stereocenters. The van der Waals surface area contributed by atoms with Crippen LogP contribution in [0.1, 0.15) is 28.4 Å². The van der Waals surface area contributed by atoms with Gasteiger partial charge in [0.1, 0.15) is 0 Å². The van der Waals surface area contributed by atoms with Gasteiger partial charge in [-0.25, -0.2) is 0 Å². The first kappa shape index (κ1) is 13.5. The maximum absolute atomic E-state index is 12.2. The minimum absolute atomic E-state index is 0.0422. The molecule has 4 nitrogen and oxygen atoms in total. The quantitative estimate of drug-likeness (QED) is 0.892. The molecule has 1 atom stereocenters. The fraction of sp³-hybridized carbons (Fsp3) is 0.500. The molecular formula is C12H17N3OS. The van der Waals surface area contributed by atoms with Gasteiger partial charge < -0.3 is 10.6 Å². The monoisotopic (exact) mass is 251 g/mol. The van der Waals surface area contributed by atoms with Crippen molar-refractivity contribution in [3.63, 3.8) is 0 Å². The largest absolute Gasteiger partial charge is 0.398 e. The average Bonchev–Trinajstić information content (AvgIpc) is 2.65. The van der Waals surface area contributed by atoms with E-state index in [1.54, 1.807) is 11.0 Å². The molecule has 0 saturated carbocycles. The summed E-state index contributed by atoms with van der Waals surface area (Å²) in [5, 5.41) is 8.77. The van der Waals surface area contributed by atoms with Gasteiger partial charge >= 0.3 is 0 Å². The lowest BCUT2D eigenvalue weighted by Gasteiger charge is -2.21. The Bertz CT molecular complexity index is 428. The van der Waals surface area contributed by atoms with Crippen molar-refractivity contribution >= 4 is 22.9 Å². The summed E-state index contributed by atoms with van der Waals surface area (Å²) in [6.45, 7) is 6.67. The van der Waals surface area contributed by atoms with E-state index in [0.717, 1.165) is 4.88 Å². The van der Waals surface area contributed by atoms with Crippen LogP contribution in [0.5, 0.6) is 0 Å². The second kappa shape index (κ2) is 5.69. The van der Waals surface area contributed by atoms with Gasteiger partial charge in [-0.2, -0.15) is 5.26 Å². The Labute approximate surface area is 106 Å². The maximum Gasteiger partial charge on any atom is 0.264 e. The zero-order valence-electron chi connectivity index (χ0n) is 10.4. The Morgan fingerprint density at radius 2 is 2.35 bits per heavy atom. The van der Waals surface area contributed by atoms with E-state index in [1.165, 1.54) is 11.3 Å². The van der Waals surface area contributed by atoms with Crippen molar-refractivity contribution in [2.45, 2.75) is 20.8 Å². The molecule has 0 spiro atoms. The van der Waals surface area contributed by atoms with Gasteiger partial charge in [-0.05, 0) is 26.8 Å². The predicted molar refractivity (Wildman–Crippen MR) is 69.8 cm³/mol. The van der Waals surface area contributed by atoms with Gasteiger partial charge in [0.05, 0.1) is 16.9 Å². The lowest BCUT2D eigenvalue weighted by molar-refractivity contribution is 0.0757. The fourth-order valence-electron chi connectivity index (χ4n) is 1.48. The highest BCUT2D eigenvalue weighted by molar-refractivity contribution is 7.14. The van der Waals surface area contributed by atoms with Crippen molar-refractivity contribution in [1.82, 2.24) is 4.90 Å². The standard InChI is InChI=1S/C12H17N3OS/c1-4-15(7-8(2)6-13)12(16)11-5-10(14)9(3)17-11/h5,8H,4,7,14H2,1-3H3. The molecule has 92 valence electrons. The summed E-state index contributed by atoms with van der Waals surface area (Å²) in [5.74, 6) is -0.197. The Kier molecular flexibility index (Phi) is 4.53. The number of nitrogen functional groups attached to an aromatic ring is 1. The summed E-state index contributed by atoms with van der Waals surface area (Å²) < 4.78 is 0. The van der Waals surface area contributed by atoms with Crippen molar-refractivity contribution in [1.29, 1.82) is 5.26 Å². The number of carbonyl (C=O) groups is 1. The number of carbonyl (C=O) groups excluding carboxylic acids is 1. The number of amides is 1. The summed E-state index contributed by atoms with van der Waals surface area (Å²) in [4.78, 5) is 15.4. The third kappa shape index (κ3) is 3.21. The summed E-state index contributed by atoms with van der Waals surface area (Å²) in [5.41, 5.74) is 6.39.